The van der Waals surface area contributed by atoms with Gasteiger partial charge in [0.2, 0.25) is 0 Å². The molecule has 4 nitrogen and oxygen atoms in total. The van der Waals surface area contributed by atoms with Gasteiger partial charge in [-0.25, -0.2) is 4.39 Å². The molecule has 0 radical (unpaired) electrons. The molecule has 0 saturated heterocycles. The lowest BCUT2D eigenvalue weighted by atomic mass is 10.1. The quantitative estimate of drug-likeness (QED) is 0.676. The number of aromatic amines is 1. The normalized spacial score (nSPS) is 11.2. The number of hydrogen-bond acceptors (Lipinski definition) is 3. The van der Waals surface area contributed by atoms with Crippen LogP contribution in [0.2, 0.25) is 0 Å². The molecule has 0 bridgehead atoms. The van der Waals surface area contributed by atoms with E-state index in [1.807, 2.05) is 13.0 Å². The van der Waals surface area contributed by atoms with Crippen LogP contribution in [0.4, 0.5) is 10.2 Å². The van der Waals surface area contributed by atoms with Gasteiger partial charge in [-0.05, 0) is 13.0 Å². The summed E-state index contributed by atoms with van der Waals surface area (Å²) in [5.74, 6) is 0.561. The van der Waals surface area contributed by atoms with Crippen LogP contribution in [0.25, 0.3) is 22.2 Å². The maximum absolute atomic E-state index is 13.6. The molecule has 2 aromatic heterocycles. The van der Waals surface area contributed by atoms with Crippen LogP contribution in [-0.2, 0) is 0 Å². The first-order valence-electron chi connectivity index (χ1n) is 5.16. The van der Waals surface area contributed by atoms with E-state index in [1.54, 1.807) is 12.1 Å². The number of hydrogen-bond donors (Lipinski definition) is 2. The zero-order chi connectivity index (χ0) is 12.0. The Morgan fingerprint density at radius 1 is 1.41 bits per heavy atom. The number of aromatic nitrogens is 2. The Morgan fingerprint density at radius 3 is 2.94 bits per heavy atom. The van der Waals surface area contributed by atoms with Gasteiger partial charge in [-0.15, -0.1) is 0 Å². The van der Waals surface area contributed by atoms with Crippen molar-refractivity contribution in [3.05, 3.63) is 35.8 Å². The molecule has 3 N–H and O–H groups in total. The number of nitrogens with two attached hydrogens (primary N) is 1. The zero-order valence-electron chi connectivity index (χ0n) is 9.12. The van der Waals surface area contributed by atoms with E-state index >= 15 is 0 Å². The minimum atomic E-state index is -0.288. The SMILES string of the molecule is Cc1[nH]c2c(F)cccc2c1-c1cc(N)no1. The molecule has 0 amide bonds. The van der Waals surface area contributed by atoms with Crippen molar-refractivity contribution in [3.63, 3.8) is 0 Å². The van der Waals surface area contributed by atoms with E-state index in [9.17, 15) is 4.39 Å². The van der Waals surface area contributed by atoms with Gasteiger partial charge in [0, 0.05) is 22.7 Å². The summed E-state index contributed by atoms with van der Waals surface area (Å²) in [5.41, 5.74) is 7.60. The molecule has 0 atom stereocenters. The summed E-state index contributed by atoms with van der Waals surface area (Å²) in [7, 11) is 0. The Hall–Kier alpha value is -2.30. The smallest absolute Gasteiger partial charge is 0.171 e. The van der Waals surface area contributed by atoms with E-state index in [0.29, 0.717) is 17.1 Å². The molecule has 0 spiro atoms. The molecule has 3 aromatic rings. The number of nitrogens with zero attached hydrogens (tertiary/aromatic N) is 1. The van der Waals surface area contributed by atoms with Crippen molar-refractivity contribution in [2.45, 2.75) is 6.92 Å². The molecule has 0 aliphatic rings. The number of nitrogens with one attached hydrogen (secondary N) is 1. The molecule has 2 heterocycles. The van der Waals surface area contributed by atoms with Crippen molar-refractivity contribution >= 4 is 16.7 Å². The average molecular weight is 231 g/mol. The molecule has 3 rings (SSSR count). The van der Waals surface area contributed by atoms with Crippen molar-refractivity contribution in [2.24, 2.45) is 0 Å². The van der Waals surface area contributed by atoms with Crippen LogP contribution in [0.1, 0.15) is 5.69 Å². The summed E-state index contributed by atoms with van der Waals surface area (Å²) in [5, 5.41) is 4.40. The number of aryl methyl sites for hydroxylation is 1. The van der Waals surface area contributed by atoms with Gasteiger partial charge in [-0.1, -0.05) is 17.3 Å². The maximum Gasteiger partial charge on any atom is 0.171 e. The molecule has 0 aliphatic heterocycles. The predicted octanol–water partition coefficient (Wildman–Crippen LogP) is 2.85. The topological polar surface area (TPSA) is 67.8 Å². The van der Waals surface area contributed by atoms with Crippen molar-refractivity contribution in [2.75, 3.05) is 5.73 Å². The summed E-state index contributed by atoms with van der Waals surface area (Å²) in [6.45, 7) is 1.85. The molecule has 17 heavy (non-hydrogen) atoms. The molecule has 86 valence electrons. The van der Waals surface area contributed by atoms with Crippen LogP contribution in [0.15, 0.2) is 28.8 Å². The second-order valence-electron chi connectivity index (χ2n) is 3.90. The summed E-state index contributed by atoms with van der Waals surface area (Å²) in [4.78, 5) is 3.00. The second-order valence-corrected chi connectivity index (χ2v) is 3.90. The second kappa shape index (κ2) is 3.35. The van der Waals surface area contributed by atoms with Crippen molar-refractivity contribution in [1.82, 2.24) is 10.1 Å². The van der Waals surface area contributed by atoms with E-state index in [-0.39, 0.29) is 5.82 Å². The Morgan fingerprint density at radius 2 is 2.24 bits per heavy atom. The van der Waals surface area contributed by atoms with Gasteiger partial charge in [0.05, 0.1) is 5.52 Å². The minimum Gasteiger partial charge on any atom is -0.381 e. The molecule has 0 aliphatic carbocycles. The number of H-pyrrole nitrogens is 1. The first kappa shape index (κ1) is 9.89. The fourth-order valence-corrected chi connectivity index (χ4v) is 2.04. The van der Waals surface area contributed by atoms with Gasteiger partial charge in [0.25, 0.3) is 0 Å². The Balaban J connectivity index is 2.36. The highest BCUT2D eigenvalue weighted by molar-refractivity contribution is 5.96. The third-order valence-electron chi connectivity index (χ3n) is 2.75. The van der Waals surface area contributed by atoms with Crippen LogP contribution >= 0.6 is 0 Å². The highest BCUT2D eigenvalue weighted by Crippen LogP contribution is 2.33. The van der Waals surface area contributed by atoms with Crippen LogP contribution in [0.3, 0.4) is 0 Å². The van der Waals surface area contributed by atoms with Crippen molar-refractivity contribution in [1.29, 1.82) is 0 Å². The fraction of sp³-hybridized carbons (Fsp3) is 0.0833. The van der Waals surface area contributed by atoms with Gasteiger partial charge in [-0.2, -0.15) is 0 Å². The number of anilines is 1. The van der Waals surface area contributed by atoms with Gasteiger partial charge >= 0.3 is 0 Å². The third-order valence-corrected chi connectivity index (χ3v) is 2.75. The van der Waals surface area contributed by atoms with Crippen LogP contribution in [0.5, 0.6) is 0 Å². The first-order valence-corrected chi connectivity index (χ1v) is 5.16. The molecule has 0 saturated carbocycles. The molecule has 0 unspecified atom stereocenters. The van der Waals surface area contributed by atoms with Gasteiger partial charge < -0.3 is 15.2 Å². The fourth-order valence-electron chi connectivity index (χ4n) is 2.04. The lowest BCUT2D eigenvalue weighted by molar-refractivity contribution is 0.436. The Bertz CT molecular complexity index is 699. The van der Waals surface area contributed by atoms with Gasteiger partial charge in [0.15, 0.2) is 11.6 Å². The van der Waals surface area contributed by atoms with Crippen LogP contribution in [-0.4, -0.2) is 10.1 Å². The van der Waals surface area contributed by atoms with E-state index in [0.717, 1.165) is 16.6 Å². The monoisotopic (exact) mass is 231 g/mol. The number of fused-ring (bicyclic) bond motifs is 1. The lowest BCUT2D eigenvalue weighted by Crippen LogP contribution is -1.80. The summed E-state index contributed by atoms with van der Waals surface area (Å²) in [6.07, 6.45) is 0. The average Bonchev–Trinajstić information content (AvgIpc) is 2.82. The largest absolute Gasteiger partial charge is 0.381 e. The highest BCUT2D eigenvalue weighted by atomic mass is 19.1. The molecular formula is C12H10FN3O. The number of halogens is 1. The molecule has 1 aromatic carbocycles. The predicted molar refractivity (Wildman–Crippen MR) is 62.9 cm³/mol. The Kier molecular flexibility index (Phi) is 1.95. The first-order chi connectivity index (χ1) is 8.16. The highest BCUT2D eigenvalue weighted by Gasteiger charge is 2.16. The number of para-hydroxylation sites is 1. The van der Waals surface area contributed by atoms with E-state index in [4.69, 9.17) is 10.3 Å². The van der Waals surface area contributed by atoms with Crippen LogP contribution in [0, 0.1) is 12.7 Å². The van der Waals surface area contributed by atoms with Crippen LogP contribution < -0.4 is 5.73 Å². The van der Waals surface area contributed by atoms with E-state index < -0.39 is 0 Å². The van der Waals surface area contributed by atoms with E-state index in [1.165, 1.54) is 6.07 Å². The van der Waals surface area contributed by atoms with Gasteiger partial charge in [0.1, 0.15) is 5.82 Å². The number of rotatable bonds is 1. The standard InChI is InChI=1S/C12H10FN3O/c1-6-11(9-5-10(14)16-17-9)7-3-2-4-8(13)12(7)15-6/h2-5,15H,1H3,(H2,14,16). The third kappa shape index (κ3) is 1.39. The summed E-state index contributed by atoms with van der Waals surface area (Å²) >= 11 is 0. The summed E-state index contributed by atoms with van der Waals surface area (Å²) < 4.78 is 18.7. The molecule has 5 heteroatoms. The number of benzene rings is 1. The Labute approximate surface area is 96.2 Å². The van der Waals surface area contributed by atoms with Crippen molar-refractivity contribution in [3.8, 4) is 11.3 Å². The minimum absolute atomic E-state index is 0.288. The zero-order valence-corrected chi connectivity index (χ0v) is 9.12. The summed E-state index contributed by atoms with van der Waals surface area (Å²) in [6, 6.07) is 6.53. The van der Waals surface area contributed by atoms with Gasteiger partial charge in [-0.3, -0.25) is 0 Å². The number of nitrogen functional groups attached to an aromatic ring is 1. The molecule has 0 fully saturated rings. The molecular weight excluding hydrogens is 221 g/mol. The lowest BCUT2D eigenvalue weighted by Gasteiger charge is -1.95. The maximum atomic E-state index is 13.6. The van der Waals surface area contributed by atoms with Crippen molar-refractivity contribution < 1.29 is 8.91 Å². The van der Waals surface area contributed by atoms with E-state index in [2.05, 4.69) is 10.1 Å².